The van der Waals surface area contributed by atoms with E-state index in [1.165, 1.54) is 19.3 Å². The van der Waals surface area contributed by atoms with E-state index in [9.17, 15) is 0 Å². The normalized spacial score (nSPS) is 16.7. The van der Waals surface area contributed by atoms with Gasteiger partial charge in [0.1, 0.15) is 0 Å². The Morgan fingerprint density at radius 2 is 2.00 bits per heavy atom. The second kappa shape index (κ2) is 6.54. The average Bonchev–Trinajstić information content (AvgIpc) is 2.13. The van der Waals surface area contributed by atoms with Gasteiger partial charge in [-0.15, -0.1) is 11.6 Å². The summed E-state index contributed by atoms with van der Waals surface area (Å²) in [6, 6.07) is 0. The largest absolute Gasteiger partial charge is 0.126 e. The van der Waals surface area contributed by atoms with Crippen LogP contribution in [0.2, 0.25) is 0 Å². The Balaban J connectivity index is 4.13. The van der Waals surface area contributed by atoms with Gasteiger partial charge in [-0.1, -0.05) is 32.4 Å². The van der Waals surface area contributed by atoms with E-state index in [-0.39, 0.29) is 0 Å². The van der Waals surface area contributed by atoms with Crippen molar-refractivity contribution in [1.29, 1.82) is 0 Å². The van der Waals surface area contributed by atoms with Gasteiger partial charge in [0.25, 0.3) is 0 Å². The minimum atomic E-state index is 0.364. The van der Waals surface area contributed by atoms with E-state index in [1.807, 2.05) is 0 Å². The van der Waals surface area contributed by atoms with Crippen LogP contribution in [-0.4, -0.2) is 5.88 Å². The van der Waals surface area contributed by atoms with Crippen LogP contribution in [0.25, 0.3) is 0 Å². The van der Waals surface area contributed by atoms with Gasteiger partial charge < -0.3 is 0 Å². The molecule has 0 amide bonds. The molecule has 0 saturated carbocycles. The Hall–Kier alpha value is 0.0300. The Morgan fingerprint density at radius 3 is 2.33 bits per heavy atom. The summed E-state index contributed by atoms with van der Waals surface area (Å²) in [5.41, 5.74) is 0.364. The monoisotopic (exact) mass is 188 g/mol. The molecule has 1 heteroatoms. The van der Waals surface area contributed by atoms with Crippen LogP contribution in [0.5, 0.6) is 0 Å². The first-order valence-corrected chi connectivity index (χ1v) is 5.45. The molecule has 0 nitrogen and oxygen atoms in total. The van der Waals surface area contributed by atoms with Crippen molar-refractivity contribution in [1.82, 2.24) is 0 Å². The summed E-state index contributed by atoms with van der Waals surface area (Å²) < 4.78 is 0. The first-order chi connectivity index (χ1) is 5.74. The fourth-order valence-corrected chi connectivity index (χ4v) is 1.97. The molecule has 0 radical (unpaired) electrons. The standard InChI is InChI=1S/C11H21Cl/c1-4-7-9-11(6-3,10-12)8-5-2/h4,7H,5-6,8-10H2,1-3H3/b7-4+. The van der Waals surface area contributed by atoms with E-state index in [4.69, 9.17) is 11.6 Å². The molecule has 1 unspecified atom stereocenters. The van der Waals surface area contributed by atoms with E-state index in [1.54, 1.807) is 0 Å². The maximum absolute atomic E-state index is 6.01. The van der Waals surface area contributed by atoms with E-state index in [0.717, 1.165) is 12.3 Å². The van der Waals surface area contributed by atoms with Gasteiger partial charge in [-0.25, -0.2) is 0 Å². The lowest BCUT2D eigenvalue weighted by Gasteiger charge is -2.28. The van der Waals surface area contributed by atoms with Crippen LogP contribution in [0.1, 0.15) is 46.5 Å². The second-order valence-corrected chi connectivity index (χ2v) is 3.78. The second-order valence-electron chi connectivity index (χ2n) is 3.51. The topological polar surface area (TPSA) is 0 Å². The minimum absolute atomic E-state index is 0.364. The number of rotatable bonds is 6. The molecule has 1 atom stereocenters. The number of hydrogen-bond acceptors (Lipinski definition) is 0. The van der Waals surface area contributed by atoms with E-state index in [2.05, 4.69) is 32.9 Å². The van der Waals surface area contributed by atoms with Gasteiger partial charge in [0, 0.05) is 5.88 Å². The Kier molecular flexibility index (Phi) is 6.55. The molecular weight excluding hydrogens is 168 g/mol. The lowest BCUT2D eigenvalue weighted by molar-refractivity contribution is 0.291. The molecule has 0 aromatic carbocycles. The number of allylic oxidation sites excluding steroid dienone is 2. The molecule has 0 saturated heterocycles. The van der Waals surface area contributed by atoms with Crippen LogP contribution in [-0.2, 0) is 0 Å². The molecule has 72 valence electrons. The molecular formula is C11H21Cl. The number of halogens is 1. The van der Waals surface area contributed by atoms with Crippen molar-refractivity contribution in [2.45, 2.75) is 46.5 Å². The van der Waals surface area contributed by atoms with Gasteiger partial charge in [-0.2, -0.15) is 0 Å². The quantitative estimate of drug-likeness (QED) is 0.429. The third-order valence-electron chi connectivity index (χ3n) is 2.60. The molecule has 0 aliphatic rings. The van der Waals surface area contributed by atoms with Gasteiger partial charge in [0.05, 0.1) is 0 Å². The molecule has 0 fully saturated rings. The van der Waals surface area contributed by atoms with Gasteiger partial charge in [-0.3, -0.25) is 0 Å². The summed E-state index contributed by atoms with van der Waals surface area (Å²) in [5.74, 6) is 0.793. The highest BCUT2D eigenvalue weighted by Crippen LogP contribution is 2.33. The third kappa shape index (κ3) is 3.62. The molecule has 0 aliphatic heterocycles. The van der Waals surface area contributed by atoms with Crippen LogP contribution in [0, 0.1) is 5.41 Å². The fraction of sp³-hybridized carbons (Fsp3) is 0.818. The maximum atomic E-state index is 6.01. The van der Waals surface area contributed by atoms with Crippen molar-refractivity contribution in [3.63, 3.8) is 0 Å². The smallest absolute Gasteiger partial charge is 0.0282 e. The summed E-state index contributed by atoms with van der Waals surface area (Å²) in [6.07, 6.45) is 9.16. The van der Waals surface area contributed by atoms with Crippen LogP contribution < -0.4 is 0 Å². The molecule has 0 aromatic rings. The van der Waals surface area contributed by atoms with Gasteiger partial charge in [0.15, 0.2) is 0 Å². The van der Waals surface area contributed by atoms with E-state index < -0.39 is 0 Å². The lowest BCUT2D eigenvalue weighted by atomic mass is 9.79. The van der Waals surface area contributed by atoms with Crippen molar-refractivity contribution in [2.24, 2.45) is 5.41 Å². The molecule has 12 heavy (non-hydrogen) atoms. The SMILES string of the molecule is C/C=C/CC(CC)(CCl)CCC. The van der Waals surface area contributed by atoms with Crippen LogP contribution in [0.4, 0.5) is 0 Å². The molecule has 0 heterocycles. The fourth-order valence-electron chi connectivity index (χ4n) is 1.54. The maximum Gasteiger partial charge on any atom is 0.0282 e. The first kappa shape index (κ1) is 12.0. The number of hydrogen-bond donors (Lipinski definition) is 0. The Labute approximate surface area is 82.0 Å². The molecule has 0 aliphatic carbocycles. The third-order valence-corrected chi connectivity index (χ3v) is 3.17. The van der Waals surface area contributed by atoms with Crippen molar-refractivity contribution >= 4 is 11.6 Å². The molecule has 0 aromatic heterocycles. The van der Waals surface area contributed by atoms with Crippen molar-refractivity contribution in [3.8, 4) is 0 Å². The molecule has 0 spiro atoms. The van der Waals surface area contributed by atoms with Gasteiger partial charge in [0.2, 0.25) is 0 Å². The summed E-state index contributed by atoms with van der Waals surface area (Å²) in [6.45, 7) is 6.54. The molecule has 0 rings (SSSR count). The van der Waals surface area contributed by atoms with E-state index >= 15 is 0 Å². The van der Waals surface area contributed by atoms with Crippen molar-refractivity contribution in [2.75, 3.05) is 5.88 Å². The zero-order valence-corrected chi connectivity index (χ0v) is 9.32. The van der Waals surface area contributed by atoms with Gasteiger partial charge in [-0.05, 0) is 31.6 Å². The average molecular weight is 189 g/mol. The van der Waals surface area contributed by atoms with Crippen molar-refractivity contribution in [3.05, 3.63) is 12.2 Å². The number of alkyl halides is 1. The predicted octanol–water partition coefficient (Wildman–Crippen LogP) is 4.39. The summed E-state index contributed by atoms with van der Waals surface area (Å²) >= 11 is 6.01. The predicted molar refractivity (Wildman–Crippen MR) is 57.8 cm³/mol. The van der Waals surface area contributed by atoms with Gasteiger partial charge >= 0.3 is 0 Å². The summed E-state index contributed by atoms with van der Waals surface area (Å²) in [4.78, 5) is 0. The van der Waals surface area contributed by atoms with E-state index in [0.29, 0.717) is 5.41 Å². The minimum Gasteiger partial charge on any atom is -0.126 e. The Bertz CT molecular complexity index is 123. The van der Waals surface area contributed by atoms with Crippen molar-refractivity contribution < 1.29 is 0 Å². The van der Waals surface area contributed by atoms with Crippen LogP contribution >= 0.6 is 11.6 Å². The van der Waals surface area contributed by atoms with Crippen LogP contribution in [0.15, 0.2) is 12.2 Å². The lowest BCUT2D eigenvalue weighted by Crippen LogP contribution is -2.20. The first-order valence-electron chi connectivity index (χ1n) is 4.91. The highest BCUT2D eigenvalue weighted by Gasteiger charge is 2.24. The highest BCUT2D eigenvalue weighted by atomic mass is 35.5. The molecule has 0 N–H and O–H groups in total. The summed E-state index contributed by atoms with van der Waals surface area (Å²) in [7, 11) is 0. The molecule has 0 bridgehead atoms. The zero-order chi connectivity index (χ0) is 9.45. The highest BCUT2D eigenvalue weighted by molar-refractivity contribution is 6.18. The zero-order valence-electron chi connectivity index (χ0n) is 8.57. The summed E-state index contributed by atoms with van der Waals surface area (Å²) in [5, 5.41) is 0. The van der Waals surface area contributed by atoms with Crippen LogP contribution in [0.3, 0.4) is 0 Å². The Morgan fingerprint density at radius 1 is 1.33 bits per heavy atom.